The number of rotatable bonds is 4. The Morgan fingerprint density at radius 1 is 1.33 bits per heavy atom. The van der Waals surface area contributed by atoms with Crippen molar-refractivity contribution in [2.24, 2.45) is 0 Å². The van der Waals surface area contributed by atoms with E-state index >= 15 is 0 Å². The summed E-state index contributed by atoms with van der Waals surface area (Å²) in [5.41, 5.74) is 0.235. The molecular formula is C15H13NO4S. The normalized spacial score (nSPS) is 16.5. The molecule has 108 valence electrons. The molecule has 6 heteroatoms. The number of nitrogens with zero attached hydrogens (tertiary/aromatic N) is 1. The van der Waals surface area contributed by atoms with E-state index in [1.165, 1.54) is 24.0 Å². The van der Waals surface area contributed by atoms with Gasteiger partial charge in [0.15, 0.2) is 11.5 Å². The van der Waals surface area contributed by atoms with Crippen molar-refractivity contribution in [2.75, 3.05) is 12.4 Å². The van der Waals surface area contributed by atoms with E-state index in [0.717, 1.165) is 11.5 Å². The van der Waals surface area contributed by atoms with E-state index in [4.69, 9.17) is 14.6 Å². The minimum atomic E-state index is -0.953. The van der Waals surface area contributed by atoms with E-state index in [0.29, 0.717) is 17.4 Å². The second kappa shape index (κ2) is 6.05. The summed E-state index contributed by atoms with van der Waals surface area (Å²) in [5, 5.41) is 9.62. The van der Waals surface area contributed by atoms with Gasteiger partial charge in [-0.25, -0.2) is 9.78 Å². The van der Waals surface area contributed by atoms with Crippen LogP contribution in [0.2, 0.25) is 0 Å². The Balaban J connectivity index is 1.61. The van der Waals surface area contributed by atoms with Gasteiger partial charge in [0, 0.05) is 11.9 Å². The minimum Gasteiger partial charge on any atom is -0.486 e. The predicted molar refractivity (Wildman–Crippen MR) is 78.3 cm³/mol. The number of carboxylic acid groups (broad SMARTS) is 1. The molecule has 0 spiro atoms. The van der Waals surface area contributed by atoms with Gasteiger partial charge >= 0.3 is 5.97 Å². The smallest absolute Gasteiger partial charge is 0.335 e. The Kier molecular flexibility index (Phi) is 3.96. The van der Waals surface area contributed by atoms with E-state index in [1.54, 1.807) is 6.07 Å². The lowest BCUT2D eigenvalue weighted by Crippen LogP contribution is -2.31. The van der Waals surface area contributed by atoms with Gasteiger partial charge in [0.25, 0.3) is 0 Å². The first kappa shape index (κ1) is 13.8. The molecular weight excluding hydrogens is 290 g/mol. The van der Waals surface area contributed by atoms with Crippen molar-refractivity contribution in [2.45, 2.75) is 11.1 Å². The van der Waals surface area contributed by atoms with Gasteiger partial charge in [-0.3, -0.25) is 0 Å². The van der Waals surface area contributed by atoms with Gasteiger partial charge in [0.1, 0.15) is 12.7 Å². The summed E-state index contributed by atoms with van der Waals surface area (Å²) in [4.78, 5) is 15.1. The molecule has 21 heavy (non-hydrogen) atoms. The fraction of sp³-hybridized carbons (Fsp3) is 0.200. The van der Waals surface area contributed by atoms with Crippen molar-refractivity contribution >= 4 is 17.7 Å². The summed E-state index contributed by atoms with van der Waals surface area (Å²) in [6, 6.07) is 10.6. The number of carbonyl (C=O) groups is 1. The third-order valence-corrected chi connectivity index (χ3v) is 4.02. The Morgan fingerprint density at radius 3 is 2.95 bits per heavy atom. The minimum absolute atomic E-state index is 0.0832. The summed E-state index contributed by atoms with van der Waals surface area (Å²) in [5.74, 6) is 1.18. The number of hydrogen-bond donors (Lipinski definition) is 1. The number of para-hydroxylation sites is 2. The van der Waals surface area contributed by atoms with Crippen LogP contribution in [0, 0.1) is 0 Å². The van der Waals surface area contributed by atoms with Crippen LogP contribution in [-0.4, -0.2) is 34.5 Å². The van der Waals surface area contributed by atoms with Crippen molar-refractivity contribution in [3.63, 3.8) is 0 Å². The molecule has 0 saturated heterocycles. The number of carboxylic acids is 1. The number of pyridine rings is 1. The fourth-order valence-electron chi connectivity index (χ4n) is 1.94. The number of fused-ring (bicyclic) bond motifs is 1. The van der Waals surface area contributed by atoms with Crippen LogP contribution >= 0.6 is 11.8 Å². The summed E-state index contributed by atoms with van der Waals surface area (Å²) in [6.45, 7) is 0.475. The SMILES string of the molecule is O=C(O)c1ccnc(SCC2COc3ccccc3O2)c1. The van der Waals surface area contributed by atoms with Crippen LogP contribution in [-0.2, 0) is 0 Å². The third kappa shape index (κ3) is 3.28. The highest BCUT2D eigenvalue weighted by Crippen LogP contribution is 2.32. The van der Waals surface area contributed by atoms with Crippen LogP contribution in [0.3, 0.4) is 0 Å². The van der Waals surface area contributed by atoms with E-state index in [-0.39, 0.29) is 11.7 Å². The average Bonchev–Trinajstić information content (AvgIpc) is 2.53. The van der Waals surface area contributed by atoms with E-state index in [9.17, 15) is 4.79 Å². The number of aromatic nitrogens is 1. The van der Waals surface area contributed by atoms with Gasteiger partial charge < -0.3 is 14.6 Å². The number of hydrogen-bond acceptors (Lipinski definition) is 5. The second-order valence-electron chi connectivity index (χ2n) is 4.50. The van der Waals surface area contributed by atoms with Gasteiger partial charge in [-0.1, -0.05) is 12.1 Å². The molecule has 0 radical (unpaired) electrons. The summed E-state index contributed by atoms with van der Waals surface area (Å²) in [6.07, 6.45) is 1.42. The molecule has 1 N–H and O–H groups in total. The van der Waals surface area contributed by atoms with Crippen LogP contribution in [0.4, 0.5) is 0 Å². The van der Waals surface area contributed by atoms with Crippen LogP contribution in [0.15, 0.2) is 47.6 Å². The second-order valence-corrected chi connectivity index (χ2v) is 5.54. The largest absolute Gasteiger partial charge is 0.486 e. The number of thioether (sulfide) groups is 1. The lowest BCUT2D eigenvalue weighted by molar-refractivity contribution is 0.0696. The quantitative estimate of drug-likeness (QED) is 0.876. The maximum atomic E-state index is 10.9. The van der Waals surface area contributed by atoms with Crippen molar-refractivity contribution in [3.05, 3.63) is 48.2 Å². The van der Waals surface area contributed by atoms with Crippen molar-refractivity contribution in [1.29, 1.82) is 0 Å². The van der Waals surface area contributed by atoms with Gasteiger partial charge in [-0.2, -0.15) is 0 Å². The topological polar surface area (TPSA) is 68.7 Å². The summed E-state index contributed by atoms with van der Waals surface area (Å²) < 4.78 is 11.5. The van der Waals surface area contributed by atoms with Gasteiger partial charge in [0.2, 0.25) is 0 Å². The molecule has 1 unspecified atom stereocenters. The molecule has 5 nitrogen and oxygen atoms in total. The molecule has 1 aliphatic rings. The Bertz CT molecular complexity index is 662. The first-order valence-electron chi connectivity index (χ1n) is 6.43. The molecule has 0 saturated carbocycles. The first-order chi connectivity index (χ1) is 10.2. The van der Waals surface area contributed by atoms with Crippen LogP contribution < -0.4 is 9.47 Å². The van der Waals surface area contributed by atoms with Crippen molar-refractivity contribution in [1.82, 2.24) is 4.98 Å². The lowest BCUT2D eigenvalue weighted by Gasteiger charge is -2.26. The van der Waals surface area contributed by atoms with Crippen LogP contribution in [0.1, 0.15) is 10.4 Å². The van der Waals surface area contributed by atoms with E-state index in [2.05, 4.69) is 4.98 Å². The zero-order chi connectivity index (χ0) is 14.7. The molecule has 0 amide bonds. The first-order valence-corrected chi connectivity index (χ1v) is 7.41. The molecule has 1 aromatic carbocycles. The lowest BCUT2D eigenvalue weighted by atomic mass is 10.3. The molecule has 1 aliphatic heterocycles. The monoisotopic (exact) mass is 303 g/mol. The molecule has 2 heterocycles. The van der Waals surface area contributed by atoms with Crippen molar-refractivity contribution < 1.29 is 19.4 Å². The molecule has 1 atom stereocenters. The van der Waals surface area contributed by atoms with Gasteiger partial charge in [0.05, 0.1) is 10.6 Å². The summed E-state index contributed by atoms with van der Waals surface area (Å²) in [7, 11) is 0. The number of ether oxygens (including phenoxy) is 2. The van der Waals surface area contributed by atoms with Gasteiger partial charge in [-0.15, -0.1) is 11.8 Å². The zero-order valence-electron chi connectivity index (χ0n) is 11.1. The molecule has 0 aliphatic carbocycles. The Morgan fingerprint density at radius 2 is 2.14 bits per heavy atom. The van der Waals surface area contributed by atoms with Crippen LogP contribution in [0.25, 0.3) is 0 Å². The average molecular weight is 303 g/mol. The molecule has 2 aromatic rings. The standard InChI is InChI=1S/C15H13NO4S/c17-15(18)10-5-6-16-14(7-10)21-9-11-8-19-12-3-1-2-4-13(12)20-11/h1-7,11H,8-9H2,(H,17,18). The zero-order valence-corrected chi connectivity index (χ0v) is 11.9. The highest BCUT2D eigenvalue weighted by atomic mass is 32.2. The third-order valence-electron chi connectivity index (χ3n) is 2.97. The van der Waals surface area contributed by atoms with E-state index in [1.807, 2.05) is 24.3 Å². The predicted octanol–water partition coefficient (Wildman–Crippen LogP) is 2.71. The van der Waals surface area contributed by atoms with Gasteiger partial charge in [-0.05, 0) is 24.3 Å². The van der Waals surface area contributed by atoms with Crippen molar-refractivity contribution in [3.8, 4) is 11.5 Å². The Labute approximate surface area is 125 Å². The van der Waals surface area contributed by atoms with E-state index < -0.39 is 5.97 Å². The molecule has 0 bridgehead atoms. The maximum absolute atomic E-state index is 10.9. The number of benzene rings is 1. The maximum Gasteiger partial charge on any atom is 0.335 e. The summed E-state index contributed by atoms with van der Waals surface area (Å²) >= 11 is 1.45. The molecule has 1 aromatic heterocycles. The molecule has 3 rings (SSSR count). The fourth-order valence-corrected chi connectivity index (χ4v) is 2.81. The van der Waals surface area contributed by atoms with Crippen LogP contribution in [0.5, 0.6) is 11.5 Å². The number of aromatic carboxylic acids is 1. The highest BCUT2D eigenvalue weighted by molar-refractivity contribution is 7.99. The molecule has 0 fully saturated rings. The Hall–Kier alpha value is -2.21. The highest BCUT2D eigenvalue weighted by Gasteiger charge is 2.20.